The SMILES string of the molecule is CO[C@@H]([C@@H](C)[C@@H](O)[C@H](C)[C@@H](O)/C(C)=C/CCO)[C@@H](C)/C=C/C=C/C=C/C(=O)O. The Morgan fingerprint density at radius 3 is 2.18 bits per heavy atom. The summed E-state index contributed by atoms with van der Waals surface area (Å²) in [5, 5.41) is 38.7. The van der Waals surface area contributed by atoms with Crippen LogP contribution in [0, 0.1) is 17.8 Å². The lowest BCUT2D eigenvalue weighted by Gasteiger charge is -2.35. The van der Waals surface area contributed by atoms with Crippen molar-refractivity contribution in [1.82, 2.24) is 0 Å². The number of carboxylic acids is 1. The van der Waals surface area contributed by atoms with Crippen molar-refractivity contribution in [2.24, 2.45) is 17.8 Å². The van der Waals surface area contributed by atoms with Crippen molar-refractivity contribution in [3.8, 4) is 0 Å². The van der Waals surface area contributed by atoms with Gasteiger partial charge in [-0.2, -0.15) is 0 Å². The number of carbonyl (C=O) groups is 1. The molecular formula is C22H36O6. The Morgan fingerprint density at radius 2 is 1.64 bits per heavy atom. The molecule has 0 saturated heterocycles. The molecule has 0 aromatic carbocycles. The Morgan fingerprint density at radius 1 is 1.04 bits per heavy atom. The Balaban J connectivity index is 4.98. The predicted octanol–water partition coefficient (Wildman–Crippen LogP) is 2.71. The summed E-state index contributed by atoms with van der Waals surface area (Å²) in [7, 11) is 1.59. The van der Waals surface area contributed by atoms with Crippen molar-refractivity contribution < 1.29 is 30.0 Å². The largest absolute Gasteiger partial charge is 0.478 e. The number of allylic oxidation sites excluding steroid dienone is 4. The lowest BCUT2D eigenvalue weighted by atomic mass is 9.80. The molecule has 0 saturated carbocycles. The van der Waals surface area contributed by atoms with E-state index >= 15 is 0 Å². The molecular weight excluding hydrogens is 360 g/mol. The molecule has 0 heterocycles. The third-order valence-electron chi connectivity index (χ3n) is 4.93. The van der Waals surface area contributed by atoms with Crippen molar-refractivity contribution in [3.05, 3.63) is 48.1 Å². The van der Waals surface area contributed by atoms with Crippen molar-refractivity contribution in [1.29, 1.82) is 0 Å². The van der Waals surface area contributed by atoms with Crippen LogP contribution in [-0.4, -0.2) is 58.4 Å². The van der Waals surface area contributed by atoms with Gasteiger partial charge in [-0.3, -0.25) is 0 Å². The molecule has 0 amide bonds. The second kappa shape index (κ2) is 14.3. The van der Waals surface area contributed by atoms with E-state index in [9.17, 15) is 15.0 Å². The second-order valence-electron chi connectivity index (χ2n) is 7.14. The zero-order valence-corrected chi connectivity index (χ0v) is 17.5. The molecule has 4 N–H and O–H groups in total. The molecule has 0 radical (unpaired) electrons. The van der Waals surface area contributed by atoms with E-state index < -0.39 is 18.2 Å². The van der Waals surface area contributed by atoms with Crippen LogP contribution in [0.1, 0.15) is 34.1 Å². The van der Waals surface area contributed by atoms with Gasteiger partial charge in [0, 0.05) is 37.5 Å². The number of rotatable bonds is 13. The van der Waals surface area contributed by atoms with Gasteiger partial charge in [0.25, 0.3) is 0 Å². The summed E-state index contributed by atoms with van der Waals surface area (Å²) >= 11 is 0. The Hall–Kier alpha value is -1.73. The zero-order chi connectivity index (χ0) is 21.7. The minimum absolute atomic E-state index is 0.00174. The predicted molar refractivity (Wildman–Crippen MR) is 111 cm³/mol. The highest BCUT2D eigenvalue weighted by Crippen LogP contribution is 2.27. The number of aliphatic hydroxyl groups excluding tert-OH is 3. The van der Waals surface area contributed by atoms with Crippen LogP contribution in [0.5, 0.6) is 0 Å². The van der Waals surface area contributed by atoms with Crippen LogP contribution in [0.3, 0.4) is 0 Å². The molecule has 0 aromatic rings. The van der Waals surface area contributed by atoms with Gasteiger partial charge < -0.3 is 25.2 Å². The molecule has 6 nitrogen and oxygen atoms in total. The molecule has 0 aromatic heterocycles. The van der Waals surface area contributed by atoms with Crippen molar-refractivity contribution in [3.63, 3.8) is 0 Å². The standard InChI is InChI=1S/C22H36O6/c1-15(12-10-14-23)20(26)17(3)21(27)18(4)22(28-5)16(2)11-8-6-7-9-13-19(24)25/h6-9,11-13,16-18,20-23,26-27H,10,14H2,1-5H3,(H,24,25)/b7-6+,11-8+,13-9+,15-12+/t16-,17+,18-,20-,21-,22+/m0/s1. The van der Waals surface area contributed by atoms with Crippen LogP contribution in [-0.2, 0) is 9.53 Å². The first kappa shape index (κ1) is 26.3. The molecule has 160 valence electrons. The second-order valence-corrected chi connectivity index (χ2v) is 7.14. The van der Waals surface area contributed by atoms with Gasteiger partial charge in [-0.25, -0.2) is 4.79 Å². The van der Waals surface area contributed by atoms with Crippen LogP contribution < -0.4 is 0 Å². The van der Waals surface area contributed by atoms with Crippen molar-refractivity contribution in [2.75, 3.05) is 13.7 Å². The first-order chi connectivity index (χ1) is 13.2. The highest BCUT2D eigenvalue weighted by atomic mass is 16.5. The third-order valence-corrected chi connectivity index (χ3v) is 4.93. The van der Waals surface area contributed by atoms with Gasteiger partial charge in [0.2, 0.25) is 0 Å². The molecule has 0 unspecified atom stereocenters. The Bertz CT molecular complexity index is 563. The highest BCUT2D eigenvalue weighted by molar-refractivity contribution is 5.80. The summed E-state index contributed by atoms with van der Waals surface area (Å²) in [5.74, 6) is -1.62. The van der Waals surface area contributed by atoms with Gasteiger partial charge in [-0.05, 0) is 18.9 Å². The number of carboxylic acid groups (broad SMARTS) is 1. The Kier molecular flexibility index (Phi) is 13.4. The van der Waals surface area contributed by atoms with Gasteiger partial charge in [-0.15, -0.1) is 0 Å². The lowest BCUT2D eigenvalue weighted by molar-refractivity contribution is -0.131. The summed E-state index contributed by atoms with van der Waals surface area (Å²) in [4.78, 5) is 10.4. The maximum absolute atomic E-state index is 10.8. The molecule has 6 heteroatoms. The third kappa shape index (κ3) is 9.46. The van der Waals surface area contributed by atoms with Gasteiger partial charge in [0.05, 0.1) is 18.3 Å². The molecule has 6 atom stereocenters. The van der Waals surface area contributed by atoms with E-state index in [0.29, 0.717) is 6.42 Å². The summed E-state index contributed by atoms with van der Waals surface area (Å²) in [5.41, 5.74) is 0.731. The van der Waals surface area contributed by atoms with E-state index in [1.807, 2.05) is 26.0 Å². The average Bonchev–Trinajstić information content (AvgIpc) is 2.66. The lowest BCUT2D eigenvalue weighted by Crippen LogP contribution is -2.42. The molecule has 0 rings (SSSR count). The summed E-state index contributed by atoms with van der Waals surface area (Å²) in [6.07, 6.45) is 9.99. The quantitative estimate of drug-likeness (QED) is 0.217. The molecule has 28 heavy (non-hydrogen) atoms. The van der Waals surface area contributed by atoms with Crippen LogP contribution in [0.2, 0.25) is 0 Å². The van der Waals surface area contributed by atoms with Gasteiger partial charge in [-0.1, -0.05) is 57.2 Å². The van der Waals surface area contributed by atoms with E-state index in [-0.39, 0.29) is 30.5 Å². The molecule has 0 aliphatic heterocycles. The number of hydrogen-bond acceptors (Lipinski definition) is 5. The van der Waals surface area contributed by atoms with Crippen LogP contribution in [0.15, 0.2) is 48.1 Å². The normalized spacial score (nSPS) is 19.8. The summed E-state index contributed by atoms with van der Waals surface area (Å²) in [6.45, 7) is 7.48. The number of methoxy groups -OCH3 is 1. The molecule has 0 bridgehead atoms. The molecule has 0 fully saturated rings. The number of aliphatic carboxylic acids is 1. The maximum atomic E-state index is 10.8. The van der Waals surface area contributed by atoms with E-state index in [2.05, 4.69) is 0 Å². The van der Waals surface area contributed by atoms with E-state index in [4.69, 9.17) is 14.9 Å². The minimum Gasteiger partial charge on any atom is -0.478 e. The van der Waals surface area contributed by atoms with Crippen LogP contribution >= 0.6 is 0 Å². The highest BCUT2D eigenvalue weighted by Gasteiger charge is 2.34. The van der Waals surface area contributed by atoms with Gasteiger partial charge in [0.15, 0.2) is 0 Å². The molecule has 0 spiro atoms. The minimum atomic E-state index is -0.998. The first-order valence-corrected chi connectivity index (χ1v) is 9.58. The Labute approximate surface area is 168 Å². The van der Waals surface area contributed by atoms with E-state index in [1.54, 1.807) is 39.2 Å². The summed E-state index contributed by atoms with van der Waals surface area (Å²) < 4.78 is 5.60. The maximum Gasteiger partial charge on any atom is 0.328 e. The topological polar surface area (TPSA) is 107 Å². The zero-order valence-electron chi connectivity index (χ0n) is 17.5. The van der Waals surface area contributed by atoms with Crippen molar-refractivity contribution >= 4 is 5.97 Å². The average molecular weight is 397 g/mol. The fraction of sp³-hybridized carbons (Fsp3) is 0.591. The fourth-order valence-corrected chi connectivity index (χ4v) is 3.21. The number of ether oxygens (including phenoxy) is 1. The smallest absolute Gasteiger partial charge is 0.328 e. The van der Waals surface area contributed by atoms with E-state index in [1.165, 1.54) is 6.08 Å². The van der Waals surface area contributed by atoms with Gasteiger partial charge >= 0.3 is 5.97 Å². The molecule has 0 aliphatic rings. The monoisotopic (exact) mass is 396 g/mol. The molecule has 0 aliphatic carbocycles. The van der Waals surface area contributed by atoms with Crippen LogP contribution in [0.25, 0.3) is 0 Å². The number of aliphatic hydroxyl groups is 3. The summed E-state index contributed by atoms with van der Waals surface area (Å²) in [6, 6.07) is 0. The number of hydrogen-bond donors (Lipinski definition) is 4. The van der Waals surface area contributed by atoms with E-state index in [0.717, 1.165) is 11.6 Å². The van der Waals surface area contributed by atoms with Crippen molar-refractivity contribution in [2.45, 2.75) is 52.4 Å². The fourth-order valence-electron chi connectivity index (χ4n) is 3.21. The first-order valence-electron chi connectivity index (χ1n) is 9.58. The van der Waals surface area contributed by atoms with Crippen LogP contribution in [0.4, 0.5) is 0 Å². The van der Waals surface area contributed by atoms with Gasteiger partial charge in [0.1, 0.15) is 0 Å².